The second-order valence-corrected chi connectivity index (χ2v) is 22.5. The predicted molar refractivity (Wildman–Crippen MR) is 301 cm³/mol. The molecule has 0 spiro atoms. The summed E-state index contributed by atoms with van der Waals surface area (Å²) in [5, 5.41) is 7.27. The van der Waals surface area contributed by atoms with Crippen molar-refractivity contribution in [2.45, 2.75) is 57.8 Å². The molecular weight excluding hydrogens is 873 g/mol. The van der Waals surface area contributed by atoms with E-state index >= 15 is 0 Å². The Morgan fingerprint density at radius 3 is 1.44 bits per heavy atom. The molecule has 0 aliphatic heterocycles. The molecule has 3 heterocycles. The zero-order valence-electron chi connectivity index (χ0n) is 41.3. The monoisotopic (exact) mass is 922 g/mol. The molecule has 10 aromatic carbocycles. The molecule has 342 valence electrons. The van der Waals surface area contributed by atoms with Crippen LogP contribution in [0, 0.1) is 0 Å². The molecule has 0 unspecified atom stereocenters. The van der Waals surface area contributed by atoms with Gasteiger partial charge in [-0.2, -0.15) is 0 Å². The van der Waals surface area contributed by atoms with Crippen LogP contribution in [0.5, 0.6) is 0 Å². The number of nitrogens with zero attached hydrogens (tertiary/aromatic N) is 2. The van der Waals surface area contributed by atoms with E-state index in [0.717, 1.165) is 33.2 Å². The second kappa shape index (κ2) is 13.5. The Labute approximate surface area is 418 Å². The molecule has 0 N–H and O–H groups in total. The van der Waals surface area contributed by atoms with Crippen molar-refractivity contribution in [1.82, 2.24) is 9.13 Å². The molecular formula is C69H50N2O. The Kier molecular flexibility index (Phi) is 7.57. The van der Waals surface area contributed by atoms with Gasteiger partial charge in [0.25, 0.3) is 0 Å². The highest BCUT2D eigenvalue weighted by atomic mass is 16.3. The van der Waals surface area contributed by atoms with E-state index < -0.39 is 0 Å². The first kappa shape index (κ1) is 40.3. The van der Waals surface area contributed by atoms with Gasteiger partial charge < -0.3 is 13.6 Å². The molecule has 3 aromatic heterocycles. The Hall–Kier alpha value is -8.40. The van der Waals surface area contributed by atoms with E-state index in [2.05, 4.69) is 245 Å². The van der Waals surface area contributed by atoms with Crippen LogP contribution in [0.4, 0.5) is 0 Å². The van der Waals surface area contributed by atoms with E-state index in [1.165, 1.54) is 122 Å². The molecule has 0 saturated carbocycles. The molecule has 0 saturated heterocycles. The van der Waals surface area contributed by atoms with E-state index in [9.17, 15) is 0 Å². The molecule has 0 fully saturated rings. The Bertz CT molecular complexity index is 4600. The molecule has 72 heavy (non-hydrogen) atoms. The van der Waals surface area contributed by atoms with Crippen molar-refractivity contribution < 1.29 is 4.42 Å². The number of rotatable bonds is 3. The Balaban J connectivity index is 0.887. The van der Waals surface area contributed by atoms with Crippen molar-refractivity contribution in [3.8, 4) is 55.9 Å². The Morgan fingerprint density at radius 1 is 0.292 bits per heavy atom. The lowest BCUT2D eigenvalue weighted by Crippen LogP contribution is -2.15. The van der Waals surface area contributed by atoms with E-state index in [1.54, 1.807) is 0 Å². The molecule has 0 radical (unpaired) electrons. The van der Waals surface area contributed by atoms with Crippen molar-refractivity contribution in [1.29, 1.82) is 0 Å². The van der Waals surface area contributed by atoms with Crippen LogP contribution in [-0.4, -0.2) is 9.13 Å². The highest BCUT2D eigenvalue weighted by Gasteiger charge is 2.39. The molecule has 3 nitrogen and oxygen atoms in total. The first-order valence-corrected chi connectivity index (χ1v) is 25.6. The maximum atomic E-state index is 6.99. The number of hydrogen-bond donors (Lipinski definition) is 0. The van der Waals surface area contributed by atoms with Gasteiger partial charge in [-0.3, -0.25) is 0 Å². The number of aromatic nitrogens is 2. The predicted octanol–water partition coefficient (Wildman–Crippen LogP) is 18.4. The van der Waals surface area contributed by atoms with E-state index in [1.807, 2.05) is 0 Å². The van der Waals surface area contributed by atoms with Gasteiger partial charge in [0.1, 0.15) is 11.2 Å². The lowest BCUT2D eigenvalue weighted by molar-refractivity contribution is 0.660. The summed E-state index contributed by atoms with van der Waals surface area (Å²) >= 11 is 0. The summed E-state index contributed by atoms with van der Waals surface area (Å²) in [6.07, 6.45) is 0. The molecule has 16 rings (SSSR count). The summed E-state index contributed by atoms with van der Waals surface area (Å²) in [6, 6.07) is 73.3. The van der Waals surface area contributed by atoms with Gasteiger partial charge in [-0.25, -0.2) is 0 Å². The van der Waals surface area contributed by atoms with Gasteiger partial charge >= 0.3 is 0 Å². The lowest BCUT2D eigenvalue weighted by Gasteiger charge is -2.22. The van der Waals surface area contributed by atoms with Crippen LogP contribution >= 0.6 is 0 Å². The van der Waals surface area contributed by atoms with Gasteiger partial charge in [-0.05, 0) is 151 Å². The molecule has 13 aromatic rings. The fraction of sp³-hybridized carbons (Fsp3) is 0.130. The average molecular weight is 923 g/mol. The van der Waals surface area contributed by atoms with Gasteiger partial charge in [-0.1, -0.05) is 157 Å². The quantitative estimate of drug-likeness (QED) is 0.173. The zero-order valence-corrected chi connectivity index (χ0v) is 41.3. The lowest BCUT2D eigenvalue weighted by atomic mass is 9.82. The van der Waals surface area contributed by atoms with Gasteiger partial charge in [-0.15, -0.1) is 0 Å². The van der Waals surface area contributed by atoms with Crippen LogP contribution in [0.2, 0.25) is 0 Å². The minimum absolute atomic E-state index is 0.0672. The molecule has 3 aliphatic rings. The van der Waals surface area contributed by atoms with Gasteiger partial charge in [0.05, 0.1) is 22.1 Å². The summed E-state index contributed by atoms with van der Waals surface area (Å²) < 4.78 is 12.0. The van der Waals surface area contributed by atoms with Crippen LogP contribution in [0.15, 0.2) is 199 Å². The first-order valence-electron chi connectivity index (χ1n) is 25.6. The van der Waals surface area contributed by atoms with Crippen molar-refractivity contribution in [3.63, 3.8) is 0 Å². The van der Waals surface area contributed by atoms with E-state index in [4.69, 9.17) is 4.42 Å². The number of para-hydroxylation sites is 1. The normalized spacial score (nSPS) is 15.4. The third kappa shape index (κ3) is 5.00. The maximum Gasteiger partial charge on any atom is 0.137 e. The van der Waals surface area contributed by atoms with Crippen LogP contribution in [0.1, 0.15) is 74.9 Å². The summed E-state index contributed by atoms with van der Waals surface area (Å²) in [7, 11) is 0. The molecule has 3 heteroatoms. The van der Waals surface area contributed by atoms with E-state index in [0.29, 0.717) is 0 Å². The SMILES string of the molecule is CC1(C)c2ccccc2-c2cc(-n3c4cc5c(cc4c4c(-c6ccc7c(c6)oc6cc(-n8c9ccccc9c9cc%10c(cc98)C(C)(C)c8ccccc8-%10)ccc67)cccc43)-c3ccccc3C5(C)C)ccc21. The second-order valence-electron chi connectivity index (χ2n) is 22.5. The fourth-order valence-electron chi connectivity index (χ4n) is 14.1. The Morgan fingerprint density at radius 2 is 0.764 bits per heavy atom. The average Bonchev–Trinajstić information content (AvgIpc) is 4.19. The standard InChI is InChI=1S/C69H50N2O/c1-67(2)54-21-11-7-16-43(54)49-33-40(28-31-57(49)67)71-61-25-15-20-42(66(61)53-36-51-45-18-9-13-23-56(45)69(5,6)59(51)38-63(53)71)39-26-29-47-48-30-27-41(34-65(48)72-64(47)32-39)70-60-24-14-10-19-46(60)52-35-50-44-17-8-12-22-55(44)68(3,4)58(50)37-62(52)70/h7-38H,1-6H3. The third-order valence-corrected chi connectivity index (χ3v) is 17.7. The third-order valence-electron chi connectivity index (χ3n) is 17.7. The number of benzene rings is 10. The minimum Gasteiger partial charge on any atom is -0.456 e. The fourth-order valence-corrected chi connectivity index (χ4v) is 14.1. The van der Waals surface area contributed by atoms with Gasteiger partial charge in [0, 0.05) is 66.0 Å². The van der Waals surface area contributed by atoms with Gasteiger partial charge in [0.2, 0.25) is 0 Å². The van der Waals surface area contributed by atoms with Crippen molar-refractivity contribution in [3.05, 3.63) is 228 Å². The first-order chi connectivity index (χ1) is 35.0. The van der Waals surface area contributed by atoms with Crippen molar-refractivity contribution in [2.75, 3.05) is 0 Å². The van der Waals surface area contributed by atoms with Gasteiger partial charge in [0.15, 0.2) is 0 Å². The smallest absolute Gasteiger partial charge is 0.137 e. The zero-order chi connectivity index (χ0) is 48.2. The topological polar surface area (TPSA) is 23.0 Å². The highest BCUT2D eigenvalue weighted by Crippen LogP contribution is 2.55. The summed E-state index contributed by atoms with van der Waals surface area (Å²) in [6.45, 7) is 14.2. The molecule has 0 atom stereocenters. The molecule has 3 aliphatic carbocycles. The largest absolute Gasteiger partial charge is 0.456 e. The number of furan rings is 1. The van der Waals surface area contributed by atoms with Crippen molar-refractivity contribution in [2.24, 2.45) is 0 Å². The summed E-state index contributed by atoms with van der Waals surface area (Å²) in [4.78, 5) is 0. The summed E-state index contributed by atoms with van der Waals surface area (Å²) in [5.74, 6) is 0. The van der Waals surface area contributed by atoms with Crippen LogP contribution in [0.3, 0.4) is 0 Å². The maximum absolute atomic E-state index is 6.99. The number of hydrogen-bond acceptors (Lipinski definition) is 1. The van der Waals surface area contributed by atoms with Crippen LogP contribution in [-0.2, 0) is 16.2 Å². The van der Waals surface area contributed by atoms with E-state index in [-0.39, 0.29) is 16.2 Å². The minimum atomic E-state index is -0.137. The van der Waals surface area contributed by atoms with Crippen LogP contribution in [0.25, 0.3) is 121 Å². The molecule has 0 amide bonds. The number of fused-ring (bicyclic) bond motifs is 18. The summed E-state index contributed by atoms with van der Waals surface area (Å²) in [5.41, 5.74) is 27.2. The van der Waals surface area contributed by atoms with Crippen molar-refractivity contribution >= 4 is 65.6 Å². The molecule has 0 bridgehead atoms. The van der Waals surface area contributed by atoms with Crippen LogP contribution < -0.4 is 0 Å². The highest BCUT2D eigenvalue weighted by molar-refractivity contribution is 6.18.